The molecule has 1 unspecified atom stereocenters. The molecule has 2 aromatic heterocycles. The Balaban J connectivity index is 1.70. The quantitative estimate of drug-likeness (QED) is 0.844. The lowest BCUT2D eigenvalue weighted by molar-refractivity contribution is -0.123. The number of aryl methyl sites for hydroxylation is 1. The van der Waals surface area contributed by atoms with Crippen LogP contribution < -0.4 is 5.32 Å². The minimum absolute atomic E-state index is 0.0106. The summed E-state index contributed by atoms with van der Waals surface area (Å²) in [5, 5.41) is 19.3. The molecule has 5 nitrogen and oxygen atoms in total. The number of aromatic nitrogens is 2. The van der Waals surface area contributed by atoms with Gasteiger partial charge in [0.25, 0.3) is 0 Å². The van der Waals surface area contributed by atoms with E-state index < -0.39 is 0 Å². The van der Waals surface area contributed by atoms with Gasteiger partial charge in [0, 0.05) is 10.6 Å². The molecule has 130 valence electrons. The Morgan fingerprint density at radius 2 is 2.25 bits per heavy atom. The molecule has 2 N–H and O–H groups in total. The van der Waals surface area contributed by atoms with Crippen molar-refractivity contribution in [2.45, 2.75) is 58.7 Å². The van der Waals surface area contributed by atoms with Crippen LogP contribution in [0.2, 0.25) is 0 Å². The third-order valence-corrected chi connectivity index (χ3v) is 5.92. The second kappa shape index (κ2) is 7.07. The zero-order valence-corrected chi connectivity index (χ0v) is 15.3. The van der Waals surface area contributed by atoms with E-state index in [1.54, 1.807) is 16.0 Å². The average molecular weight is 347 g/mol. The molecular weight excluding hydrogens is 322 g/mol. The Morgan fingerprint density at radius 1 is 1.50 bits per heavy atom. The number of amides is 1. The van der Waals surface area contributed by atoms with Crippen LogP contribution in [0.3, 0.4) is 0 Å². The van der Waals surface area contributed by atoms with E-state index in [1.165, 1.54) is 5.56 Å². The van der Waals surface area contributed by atoms with E-state index in [0.717, 1.165) is 35.5 Å². The van der Waals surface area contributed by atoms with Crippen molar-refractivity contribution in [3.63, 3.8) is 0 Å². The van der Waals surface area contributed by atoms with Gasteiger partial charge >= 0.3 is 0 Å². The van der Waals surface area contributed by atoms with E-state index >= 15 is 0 Å². The fourth-order valence-corrected chi connectivity index (χ4v) is 4.42. The van der Waals surface area contributed by atoms with E-state index in [9.17, 15) is 9.90 Å². The average Bonchev–Trinajstić information content (AvgIpc) is 3.11. The third-order valence-electron chi connectivity index (χ3n) is 4.97. The highest BCUT2D eigenvalue weighted by molar-refractivity contribution is 7.10. The summed E-state index contributed by atoms with van der Waals surface area (Å²) in [6.07, 6.45) is 2.21. The summed E-state index contributed by atoms with van der Waals surface area (Å²) in [6.45, 7) is 6.36. The van der Waals surface area contributed by atoms with Crippen LogP contribution in [0.1, 0.15) is 47.6 Å². The van der Waals surface area contributed by atoms with Crippen LogP contribution in [0.15, 0.2) is 17.5 Å². The molecule has 2 heterocycles. The first-order valence-electron chi connectivity index (χ1n) is 8.53. The van der Waals surface area contributed by atoms with Gasteiger partial charge in [0.1, 0.15) is 6.54 Å². The summed E-state index contributed by atoms with van der Waals surface area (Å²) in [4.78, 5) is 13.7. The van der Waals surface area contributed by atoms with E-state index in [0.29, 0.717) is 5.92 Å². The van der Waals surface area contributed by atoms with Crippen molar-refractivity contribution >= 4 is 17.2 Å². The van der Waals surface area contributed by atoms with Crippen molar-refractivity contribution in [2.24, 2.45) is 5.92 Å². The van der Waals surface area contributed by atoms with E-state index in [4.69, 9.17) is 0 Å². The molecule has 24 heavy (non-hydrogen) atoms. The van der Waals surface area contributed by atoms with Gasteiger partial charge in [-0.05, 0) is 56.0 Å². The highest BCUT2D eigenvalue weighted by Crippen LogP contribution is 2.39. The number of carbonyl (C=O) groups excluding carboxylic acids is 1. The number of hydrogen-bond acceptors (Lipinski definition) is 4. The van der Waals surface area contributed by atoms with Crippen molar-refractivity contribution in [3.05, 3.63) is 39.3 Å². The Morgan fingerprint density at radius 3 is 2.79 bits per heavy atom. The van der Waals surface area contributed by atoms with E-state index in [1.807, 2.05) is 25.3 Å². The summed E-state index contributed by atoms with van der Waals surface area (Å²) < 4.78 is 1.80. The predicted molar refractivity (Wildman–Crippen MR) is 95.0 cm³/mol. The molecule has 1 fully saturated rings. The zero-order chi connectivity index (χ0) is 17.3. The number of aliphatic hydroxyl groups is 1. The number of carbonyl (C=O) groups is 1. The number of nitrogens with zero attached hydrogens (tertiary/aromatic N) is 2. The normalized spacial score (nSPS) is 21.3. The highest BCUT2D eigenvalue weighted by Gasteiger charge is 2.36. The molecule has 0 radical (unpaired) electrons. The maximum atomic E-state index is 12.6. The van der Waals surface area contributed by atoms with Crippen molar-refractivity contribution in [1.29, 1.82) is 0 Å². The largest absolute Gasteiger partial charge is 0.393 e. The minimum atomic E-state index is -0.225. The van der Waals surface area contributed by atoms with Gasteiger partial charge in [0.15, 0.2) is 0 Å². The Hall–Kier alpha value is -1.66. The first kappa shape index (κ1) is 17.2. The number of nitrogens with one attached hydrogen (secondary N) is 1. The molecular formula is C18H25N3O2S. The SMILES string of the molecule is CCc1c(C)nn(CC(=O)NC(c2cccs2)C2CC(O)C2)c1C. The molecule has 0 aromatic carbocycles. The summed E-state index contributed by atoms with van der Waals surface area (Å²) >= 11 is 1.65. The van der Waals surface area contributed by atoms with Crippen LogP contribution in [-0.2, 0) is 17.8 Å². The summed E-state index contributed by atoms with van der Waals surface area (Å²) in [5.74, 6) is 0.289. The molecule has 1 amide bonds. The lowest BCUT2D eigenvalue weighted by Gasteiger charge is -2.37. The van der Waals surface area contributed by atoms with Crippen LogP contribution in [-0.4, -0.2) is 26.9 Å². The third kappa shape index (κ3) is 3.39. The Bertz CT molecular complexity index is 702. The first-order chi connectivity index (χ1) is 11.5. The van der Waals surface area contributed by atoms with E-state index in [2.05, 4.69) is 23.4 Å². The maximum Gasteiger partial charge on any atom is 0.242 e. The molecule has 1 saturated carbocycles. The molecule has 1 aliphatic rings. The first-order valence-corrected chi connectivity index (χ1v) is 9.41. The smallest absolute Gasteiger partial charge is 0.242 e. The monoisotopic (exact) mass is 347 g/mol. The van der Waals surface area contributed by atoms with Gasteiger partial charge in [0.05, 0.1) is 17.8 Å². The molecule has 0 saturated heterocycles. The van der Waals surface area contributed by atoms with Gasteiger partial charge in [-0.15, -0.1) is 11.3 Å². The lowest BCUT2D eigenvalue weighted by Crippen LogP contribution is -2.42. The second-order valence-electron chi connectivity index (χ2n) is 6.61. The number of hydrogen-bond donors (Lipinski definition) is 2. The van der Waals surface area contributed by atoms with Crippen molar-refractivity contribution in [2.75, 3.05) is 0 Å². The maximum absolute atomic E-state index is 12.6. The van der Waals surface area contributed by atoms with Crippen LogP contribution in [0, 0.1) is 19.8 Å². The van der Waals surface area contributed by atoms with Gasteiger partial charge < -0.3 is 10.4 Å². The molecule has 3 rings (SSSR count). The van der Waals surface area contributed by atoms with E-state index in [-0.39, 0.29) is 24.6 Å². The molecule has 1 aliphatic carbocycles. The molecule has 6 heteroatoms. The minimum Gasteiger partial charge on any atom is -0.393 e. The van der Waals surface area contributed by atoms with Crippen molar-refractivity contribution < 1.29 is 9.90 Å². The van der Waals surface area contributed by atoms with Crippen LogP contribution in [0.5, 0.6) is 0 Å². The van der Waals surface area contributed by atoms with Gasteiger partial charge in [-0.1, -0.05) is 13.0 Å². The molecule has 0 bridgehead atoms. The van der Waals surface area contributed by atoms with Gasteiger partial charge in [0.2, 0.25) is 5.91 Å². The molecule has 0 spiro atoms. The summed E-state index contributed by atoms with van der Waals surface area (Å²) in [7, 11) is 0. The molecule has 2 aromatic rings. The topological polar surface area (TPSA) is 67.2 Å². The fraction of sp³-hybridized carbons (Fsp3) is 0.556. The Labute approximate surface area is 146 Å². The molecule has 0 aliphatic heterocycles. The van der Waals surface area contributed by atoms with Crippen LogP contribution in [0.4, 0.5) is 0 Å². The second-order valence-corrected chi connectivity index (χ2v) is 7.59. The van der Waals surface area contributed by atoms with Gasteiger partial charge in [-0.25, -0.2) is 0 Å². The van der Waals surface area contributed by atoms with Crippen molar-refractivity contribution in [3.8, 4) is 0 Å². The van der Waals surface area contributed by atoms with Gasteiger partial charge in [-0.3, -0.25) is 9.48 Å². The number of rotatable bonds is 6. The standard InChI is InChI=1S/C18H25N3O2S/c1-4-15-11(2)20-21(12(15)3)10-17(23)19-18(13-8-14(22)9-13)16-6-5-7-24-16/h5-7,13-14,18,22H,4,8-10H2,1-3H3,(H,19,23). The highest BCUT2D eigenvalue weighted by atomic mass is 32.1. The van der Waals surface area contributed by atoms with Crippen molar-refractivity contribution in [1.82, 2.24) is 15.1 Å². The fourth-order valence-electron chi connectivity index (χ4n) is 3.55. The van der Waals surface area contributed by atoms with Crippen LogP contribution >= 0.6 is 11.3 Å². The summed E-state index contributed by atoms with van der Waals surface area (Å²) in [6, 6.07) is 4.05. The summed E-state index contributed by atoms with van der Waals surface area (Å²) in [5.41, 5.74) is 3.29. The van der Waals surface area contributed by atoms with Crippen LogP contribution in [0.25, 0.3) is 0 Å². The number of aliphatic hydroxyl groups excluding tert-OH is 1. The van der Waals surface area contributed by atoms with Gasteiger partial charge in [-0.2, -0.15) is 5.10 Å². The number of thiophene rings is 1. The molecule has 1 atom stereocenters. The zero-order valence-electron chi connectivity index (χ0n) is 14.5. The predicted octanol–water partition coefficient (Wildman–Crippen LogP) is 2.75. The lowest BCUT2D eigenvalue weighted by atomic mass is 9.77. The Kier molecular flexibility index (Phi) is 5.06.